The van der Waals surface area contributed by atoms with Gasteiger partial charge in [0.1, 0.15) is 6.04 Å². The Kier molecular flexibility index (Phi) is 6.92. The molecule has 0 bridgehead atoms. The number of nitrogens with one attached hydrogen (secondary N) is 2. The maximum atomic E-state index is 12.1. The van der Waals surface area contributed by atoms with E-state index in [4.69, 9.17) is 0 Å². The van der Waals surface area contributed by atoms with E-state index in [1.807, 2.05) is 48.5 Å². The van der Waals surface area contributed by atoms with Crippen molar-refractivity contribution in [2.75, 3.05) is 0 Å². The molecule has 5 nitrogen and oxygen atoms in total. The Bertz CT molecular complexity index is 742. The van der Waals surface area contributed by atoms with Crippen molar-refractivity contribution in [1.82, 2.24) is 10.6 Å². The molecule has 25 heavy (non-hydrogen) atoms. The predicted molar refractivity (Wildman–Crippen MR) is 97.3 cm³/mol. The predicted octanol–water partition coefficient (Wildman–Crippen LogP) is 2.01. The van der Waals surface area contributed by atoms with Gasteiger partial charge in [-0.25, -0.2) is 0 Å². The minimum atomic E-state index is -0.658. The number of carbonyl (C=O) groups excluding carboxylic acids is 2. The van der Waals surface area contributed by atoms with Gasteiger partial charge in [-0.15, -0.1) is 0 Å². The second-order valence-corrected chi connectivity index (χ2v) is 5.62. The van der Waals surface area contributed by atoms with Gasteiger partial charge in [-0.2, -0.15) is 0 Å². The summed E-state index contributed by atoms with van der Waals surface area (Å²) in [7, 11) is 0. The Labute approximate surface area is 147 Å². The number of hydrogen-bond donors (Lipinski definition) is 3. The quantitative estimate of drug-likeness (QED) is 0.676. The molecule has 0 saturated heterocycles. The zero-order valence-electron chi connectivity index (χ0n) is 14.1. The van der Waals surface area contributed by atoms with Crippen molar-refractivity contribution in [1.29, 1.82) is 0 Å². The molecule has 5 heteroatoms. The summed E-state index contributed by atoms with van der Waals surface area (Å²) < 4.78 is 0. The van der Waals surface area contributed by atoms with E-state index < -0.39 is 6.04 Å². The minimum Gasteiger partial charge on any atom is -0.392 e. The zero-order chi connectivity index (χ0) is 18.1. The van der Waals surface area contributed by atoms with Gasteiger partial charge in [0.05, 0.1) is 6.61 Å². The first-order valence-electron chi connectivity index (χ1n) is 8.09. The summed E-state index contributed by atoms with van der Waals surface area (Å²) >= 11 is 0. The zero-order valence-corrected chi connectivity index (χ0v) is 14.1. The van der Waals surface area contributed by atoms with E-state index >= 15 is 0 Å². The van der Waals surface area contributed by atoms with Crippen LogP contribution in [0.25, 0.3) is 6.08 Å². The van der Waals surface area contributed by atoms with Crippen LogP contribution < -0.4 is 10.6 Å². The van der Waals surface area contributed by atoms with E-state index in [2.05, 4.69) is 10.6 Å². The highest BCUT2D eigenvalue weighted by atomic mass is 16.3. The average molecular weight is 338 g/mol. The molecule has 0 heterocycles. The average Bonchev–Trinajstić information content (AvgIpc) is 2.65. The lowest BCUT2D eigenvalue weighted by Gasteiger charge is -2.14. The summed E-state index contributed by atoms with van der Waals surface area (Å²) in [6, 6.07) is 16.1. The summed E-state index contributed by atoms with van der Waals surface area (Å²) in [5.41, 5.74) is 2.53. The van der Waals surface area contributed by atoms with Crippen LogP contribution in [0.2, 0.25) is 0 Å². The molecule has 0 aliphatic heterocycles. The van der Waals surface area contributed by atoms with Gasteiger partial charge < -0.3 is 15.7 Å². The fraction of sp³-hybridized carbons (Fsp3) is 0.200. The van der Waals surface area contributed by atoms with Gasteiger partial charge in [0.2, 0.25) is 11.8 Å². The Morgan fingerprint density at radius 1 is 1.04 bits per heavy atom. The summed E-state index contributed by atoms with van der Waals surface area (Å²) in [6.07, 6.45) is 3.09. The Morgan fingerprint density at radius 3 is 2.36 bits per heavy atom. The number of hydrogen-bond acceptors (Lipinski definition) is 3. The third kappa shape index (κ3) is 5.90. The first kappa shape index (κ1) is 18.4. The Balaban J connectivity index is 1.83. The molecule has 2 amide bonds. The molecule has 0 aliphatic rings. The van der Waals surface area contributed by atoms with Gasteiger partial charge >= 0.3 is 0 Å². The monoisotopic (exact) mass is 338 g/mol. The molecular formula is C20H22N2O3. The number of benzene rings is 2. The molecule has 2 aromatic carbocycles. The highest BCUT2D eigenvalue weighted by molar-refractivity contribution is 5.95. The molecule has 0 aliphatic carbocycles. The first-order chi connectivity index (χ1) is 12.1. The molecule has 2 aromatic rings. The first-order valence-corrected chi connectivity index (χ1v) is 8.09. The fourth-order valence-corrected chi connectivity index (χ4v) is 2.28. The van der Waals surface area contributed by atoms with Gasteiger partial charge in [0.25, 0.3) is 0 Å². The third-order valence-electron chi connectivity index (χ3n) is 3.72. The van der Waals surface area contributed by atoms with Crippen molar-refractivity contribution < 1.29 is 14.7 Å². The second-order valence-electron chi connectivity index (χ2n) is 5.62. The number of amides is 2. The van der Waals surface area contributed by atoms with Crippen LogP contribution in [-0.4, -0.2) is 23.0 Å². The molecule has 0 fully saturated rings. The molecule has 1 unspecified atom stereocenters. The van der Waals surface area contributed by atoms with E-state index in [1.165, 1.54) is 6.08 Å². The van der Waals surface area contributed by atoms with Crippen molar-refractivity contribution in [3.63, 3.8) is 0 Å². The van der Waals surface area contributed by atoms with Crippen molar-refractivity contribution >= 4 is 17.9 Å². The molecule has 0 saturated carbocycles. The molecule has 0 aromatic heterocycles. The van der Waals surface area contributed by atoms with E-state index in [0.29, 0.717) is 6.54 Å². The largest absolute Gasteiger partial charge is 0.392 e. The van der Waals surface area contributed by atoms with E-state index in [1.54, 1.807) is 19.1 Å². The summed E-state index contributed by atoms with van der Waals surface area (Å²) in [6.45, 7) is 1.85. The van der Waals surface area contributed by atoms with Gasteiger partial charge in [-0.05, 0) is 29.7 Å². The normalized spacial score (nSPS) is 11.9. The van der Waals surface area contributed by atoms with Gasteiger partial charge in [-0.1, -0.05) is 54.6 Å². The maximum Gasteiger partial charge on any atom is 0.244 e. The van der Waals surface area contributed by atoms with Crippen LogP contribution in [-0.2, 0) is 22.7 Å². The van der Waals surface area contributed by atoms with Crippen LogP contribution in [0, 0.1) is 0 Å². The van der Waals surface area contributed by atoms with Gasteiger partial charge in [-0.3, -0.25) is 9.59 Å². The molecule has 0 radical (unpaired) electrons. The Hall–Kier alpha value is -2.92. The van der Waals surface area contributed by atoms with Crippen molar-refractivity contribution in [2.45, 2.75) is 26.1 Å². The highest BCUT2D eigenvalue weighted by Gasteiger charge is 2.14. The standard InChI is InChI=1S/C20H22N2O3/c1-15(22-19(24)12-11-16-7-3-2-4-8-16)20(25)21-13-17-9-5-6-10-18(17)14-23/h2-12,15,23H,13-14H2,1H3,(H,21,25)(H,22,24). The molecule has 1 atom stereocenters. The number of carbonyl (C=O) groups is 2. The maximum absolute atomic E-state index is 12.1. The lowest BCUT2D eigenvalue weighted by molar-refractivity contribution is -0.126. The van der Waals surface area contributed by atoms with Crippen molar-refractivity contribution in [2.24, 2.45) is 0 Å². The van der Waals surface area contributed by atoms with Crippen LogP contribution in [0.3, 0.4) is 0 Å². The number of aliphatic hydroxyl groups excluding tert-OH is 1. The van der Waals surface area contributed by atoms with Crippen LogP contribution in [0.5, 0.6) is 0 Å². The minimum absolute atomic E-state index is 0.0807. The molecule has 0 spiro atoms. The van der Waals surface area contributed by atoms with E-state index in [-0.39, 0.29) is 18.4 Å². The highest BCUT2D eigenvalue weighted by Crippen LogP contribution is 2.08. The Morgan fingerprint density at radius 2 is 1.68 bits per heavy atom. The lowest BCUT2D eigenvalue weighted by Crippen LogP contribution is -2.44. The van der Waals surface area contributed by atoms with Crippen molar-refractivity contribution in [3.05, 3.63) is 77.4 Å². The van der Waals surface area contributed by atoms with E-state index in [0.717, 1.165) is 16.7 Å². The van der Waals surface area contributed by atoms with Crippen LogP contribution in [0.4, 0.5) is 0 Å². The molecule has 3 N–H and O–H groups in total. The smallest absolute Gasteiger partial charge is 0.244 e. The van der Waals surface area contributed by atoms with E-state index in [9.17, 15) is 14.7 Å². The SMILES string of the molecule is CC(NC(=O)C=Cc1ccccc1)C(=O)NCc1ccccc1CO. The lowest BCUT2D eigenvalue weighted by atomic mass is 10.1. The molecular weight excluding hydrogens is 316 g/mol. The fourth-order valence-electron chi connectivity index (χ4n) is 2.28. The van der Waals surface area contributed by atoms with Crippen LogP contribution in [0.15, 0.2) is 60.7 Å². The van der Waals surface area contributed by atoms with Crippen LogP contribution in [0.1, 0.15) is 23.6 Å². The van der Waals surface area contributed by atoms with Crippen molar-refractivity contribution in [3.8, 4) is 0 Å². The number of aliphatic hydroxyl groups is 1. The van der Waals surface area contributed by atoms with Crippen LogP contribution >= 0.6 is 0 Å². The number of rotatable bonds is 7. The van der Waals surface area contributed by atoms with Gasteiger partial charge in [0, 0.05) is 12.6 Å². The molecule has 2 rings (SSSR count). The summed E-state index contributed by atoms with van der Waals surface area (Å²) in [5.74, 6) is -0.614. The topological polar surface area (TPSA) is 78.4 Å². The third-order valence-corrected chi connectivity index (χ3v) is 3.72. The van der Waals surface area contributed by atoms with Gasteiger partial charge in [0.15, 0.2) is 0 Å². The summed E-state index contributed by atoms with van der Waals surface area (Å²) in [5, 5.41) is 14.7. The summed E-state index contributed by atoms with van der Waals surface area (Å²) in [4.78, 5) is 24.0. The second kappa shape index (κ2) is 9.39. The molecule has 130 valence electrons.